The SMILES string of the molecule is CCCCC1CCC(c2ccc(-c3c(F)cc(F)cc3OC)cc2)CC1. The average Bonchev–Trinajstić information content (AvgIpc) is 2.66. The van der Waals surface area contributed by atoms with Crippen LogP contribution in [0.15, 0.2) is 36.4 Å². The van der Waals surface area contributed by atoms with Crippen molar-refractivity contribution in [2.75, 3.05) is 7.11 Å². The molecule has 3 heteroatoms. The van der Waals surface area contributed by atoms with Gasteiger partial charge in [-0.1, -0.05) is 50.5 Å². The van der Waals surface area contributed by atoms with Crippen LogP contribution in [0, 0.1) is 17.6 Å². The minimum Gasteiger partial charge on any atom is -0.496 e. The lowest BCUT2D eigenvalue weighted by Gasteiger charge is -2.29. The van der Waals surface area contributed by atoms with Crippen molar-refractivity contribution in [1.29, 1.82) is 0 Å². The van der Waals surface area contributed by atoms with Gasteiger partial charge in [-0.3, -0.25) is 0 Å². The van der Waals surface area contributed by atoms with Crippen molar-refractivity contribution in [1.82, 2.24) is 0 Å². The van der Waals surface area contributed by atoms with Gasteiger partial charge in [-0.15, -0.1) is 0 Å². The van der Waals surface area contributed by atoms with Crippen LogP contribution in [-0.2, 0) is 0 Å². The Morgan fingerprint density at radius 2 is 1.69 bits per heavy atom. The highest BCUT2D eigenvalue weighted by Gasteiger charge is 2.22. The number of halogens is 2. The average molecular weight is 358 g/mol. The number of ether oxygens (including phenoxy) is 1. The van der Waals surface area contributed by atoms with Crippen molar-refractivity contribution in [3.8, 4) is 16.9 Å². The van der Waals surface area contributed by atoms with E-state index in [1.807, 2.05) is 12.1 Å². The maximum atomic E-state index is 14.3. The van der Waals surface area contributed by atoms with Crippen molar-refractivity contribution in [2.45, 2.75) is 57.8 Å². The van der Waals surface area contributed by atoms with Crippen LogP contribution in [0.25, 0.3) is 11.1 Å². The first-order valence-electron chi connectivity index (χ1n) is 9.75. The topological polar surface area (TPSA) is 9.23 Å². The van der Waals surface area contributed by atoms with Crippen LogP contribution in [0.5, 0.6) is 5.75 Å². The summed E-state index contributed by atoms with van der Waals surface area (Å²) in [5.41, 5.74) is 2.37. The third-order valence-electron chi connectivity index (χ3n) is 5.72. The summed E-state index contributed by atoms with van der Waals surface area (Å²) >= 11 is 0. The molecule has 1 fully saturated rings. The summed E-state index contributed by atoms with van der Waals surface area (Å²) in [5.74, 6) is 0.502. The third kappa shape index (κ3) is 4.25. The van der Waals surface area contributed by atoms with Crippen LogP contribution in [0.4, 0.5) is 8.78 Å². The number of hydrogen-bond donors (Lipinski definition) is 0. The molecule has 1 nitrogen and oxygen atoms in total. The van der Waals surface area contributed by atoms with Gasteiger partial charge in [0.05, 0.1) is 12.7 Å². The summed E-state index contributed by atoms with van der Waals surface area (Å²) in [6, 6.07) is 10.2. The molecular formula is C23H28F2O. The lowest BCUT2D eigenvalue weighted by molar-refractivity contribution is 0.304. The molecule has 0 spiro atoms. The number of methoxy groups -OCH3 is 1. The molecule has 1 aliphatic carbocycles. The number of unbranched alkanes of at least 4 members (excludes halogenated alkanes) is 1. The van der Waals surface area contributed by atoms with E-state index in [0.29, 0.717) is 11.5 Å². The van der Waals surface area contributed by atoms with E-state index in [-0.39, 0.29) is 5.75 Å². The van der Waals surface area contributed by atoms with Gasteiger partial charge in [0.25, 0.3) is 0 Å². The molecule has 0 N–H and O–H groups in total. The molecular weight excluding hydrogens is 330 g/mol. The third-order valence-corrected chi connectivity index (χ3v) is 5.72. The summed E-state index contributed by atoms with van der Waals surface area (Å²) in [6.07, 6.45) is 9.09. The predicted octanol–water partition coefficient (Wildman–Crippen LogP) is 7.10. The normalized spacial score (nSPS) is 20.2. The smallest absolute Gasteiger partial charge is 0.137 e. The van der Waals surface area contributed by atoms with Gasteiger partial charge >= 0.3 is 0 Å². The van der Waals surface area contributed by atoms with Gasteiger partial charge in [0.15, 0.2) is 0 Å². The molecule has 0 bridgehead atoms. The lowest BCUT2D eigenvalue weighted by Crippen LogP contribution is -2.13. The van der Waals surface area contributed by atoms with E-state index >= 15 is 0 Å². The summed E-state index contributed by atoms with van der Waals surface area (Å²) in [7, 11) is 1.43. The first-order chi connectivity index (χ1) is 12.6. The fourth-order valence-corrected chi connectivity index (χ4v) is 4.19. The van der Waals surface area contributed by atoms with E-state index < -0.39 is 11.6 Å². The number of benzene rings is 2. The molecule has 3 rings (SSSR count). The highest BCUT2D eigenvalue weighted by Crippen LogP contribution is 2.39. The summed E-state index contributed by atoms with van der Waals surface area (Å²) in [4.78, 5) is 0. The zero-order valence-electron chi connectivity index (χ0n) is 15.7. The molecule has 0 atom stereocenters. The minimum atomic E-state index is -0.625. The van der Waals surface area contributed by atoms with E-state index in [4.69, 9.17) is 4.74 Å². The maximum Gasteiger partial charge on any atom is 0.137 e. The van der Waals surface area contributed by atoms with Gasteiger partial charge in [0.2, 0.25) is 0 Å². The van der Waals surface area contributed by atoms with E-state index in [1.54, 1.807) is 0 Å². The Bertz CT molecular complexity index is 716. The van der Waals surface area contributed by atoms with Gasteiger partial charge in [-0.05, 0) is 48.6 Å². The van der Waals surface area contributed by atoms with E-state index in [1.165, 1.54) is 63.7 Å². The molecule has 0 saturated heterocycles. The molecule has 1 aliphatic rings. The van der Waals surface area contributed by atoms with Gasteiger partial charge in [-0.25, -0.2) is 8.78 Å². The van der Waals surface area contributed by atoms with Crippen molar-refractivity contribution in [2.24, 2.45) is 5.92 Å². The standard InChI is InChI=1S/C23H28F2O/c1-3-4-5-16-6-8-17(9-7-16)18-10-12-19(13-11-18)23-21(25)14-20(24)15-22(23)26-2/h10-17H,3-9H2,1-2H3. The first kappa shape index (κ1) is 18.9. The molecule has 0 heterocycles. The Morgan fingerprint density at radius 1 is 1.00 bits per heavy atom. The molecule has 0 unspecified atom stereocenters. The van der Waals surface area contributed by atoms with Crippen LogP contribution in [0.1, 0.15) is 63.4 Å². The highest BCUT2D eigenvalue weighted by molar-refractivity contribution is 5.71. The number of hydrogen-bond acceptors (Lipinski definition) is 1. The Balaban J connectivity index is 1.72. The lowest BCUT2D eigenvalue weighted by atomic mass is 9.77. The monoisotopic (exact) mass is 358 g/mol. The van der Waals surface area contributed by atoms with Crippen LogP contribution < -0.4 is 4.74 Å². The van der Waals surface area contributed by atoms with Crippen LogP contribution in [-0.4, -0.2) is 7.11 Å². The predicted molar refractivity (Wildman–Crippen MR) is 103 cm³/mol. The van der Waals surface area contributed by atoms with Crippen LogP contribution in [0.3, 0.4) is 0 Å². The van der Waals surface area contributed by atoms with Gasteiger partial charge < -0.3 is 4.74 Å². The largest absolute Gasteiger partial charge is 0.496 e. The van der Waals surface area contributed by atoms with Crippen molar-refractivity contribution in [3.05, 3.63) is 53.6 Å². The van der Waals surface area contributed by atoms with Crippen LogP contribution in [0.2, 0.25) is 0 Å². The van der Waals surface area contributed by atoms with Gasteiger partial charge in [0, 0.05) is 12.1 Å². The van der Waals surface area contributed by atoms with Crippen LogP contribution >= 0.6 is 0 Å². The summed E-state index contributed by atoms with van der Waals surface area (Å²) in [6.45, 7) is 2.26. The molecule has 0 amide bonds. The number of rotatable bonds is 6. The molecule has 0 aliphatic heterocycles. The van der Waals surface area contributed by atoms with Gasteiger partial charge in [-0.2, -0.15) is 0 Å². The maximum absolute atomic E-state index is 14.3. The molecule has 2 aromatic carbocycles. The summed E-state index contributed by atoms with van der Waals surface area (Å²) in [5, 5.41) is 0. The minimum absolute atomic E-state index is 0.228. The zero-order valence-corrected chi connectivity index (χ0v) is 15.7. The van der Waals surface area contributed by atoms with Gasteiger partial charge in [0.1, 0.15) is 17.4 Å². The quantitative estimate of drug-likeness (QED) is 0.535. The second-order valence-electron chi connectivity index (χ2n) is 7.45. The molecule has 1 saturated carbocycles. The van der Waals surface area contributed by atoms with Crippen molar-refractivity contribution >= 4 is 0 Å². The van der Waals surface area contributed by atoms with Crippen molar-refractivity contribution in [3.63, 3.8) is 0 Å². The Labute approximate surface area is 155 Å². The van der Waals surface area contributed by atoms with E-state index in [2.05, 4.69) is 19.1 Å². The first-order valence-corrected chi connectivity index (χ1v) is 9.75. The fourth-order valence-electron chi connectivity index (χ4n) is 4.19. The second-order valence-corrected chi connectivity index (χ2v) is 7.45. The molecule has 2 aromatic rings. The molecule has 0 aromatic heterocycles. The Morgan fingerprint density at radius 3 is 2.31 bits per heavy atom. The van der Waals surface area contributed by atoms with Crippen molar-refractivity contribution < 1.29 is 13.5 Å². The zero-order chi connectivity index (χ0) is 18.5. The Kier molecular flexibility index (Phi) is 6.29. The highest BCUT2D eigenvalue weighted by atomic mass is 19.1. The fraction of sp³-hybridized carbons (Fsp3) is 0.478. The molecule has 26 heavy (non-hydrogen) atoms. The molecule has 0 radical (unpaired) electrons. The molecule has 140 valence electrons. The summed E-state index contributed by atoms with van der Waals surface area (Å²) < 4.78 is 32.8. The van der Waals surface area contributed by atoms with E-state index in [9.17, 15) is 8.78 Å². The Hall–Kier alpha value is -1.90. The van der Waals surface area contributed by atoms with E-state index in [0.717, 1.165) is 17.5 Å². The second kappa shape index (κ2) is 8.66.